The summed E-state index contributed by atoms with van der Waals surface area (Å²) < 4.78 is 11.9. The third kappa shape index (κ3) is 3.61. The van der Waals surface area contributed by atoms with Gasteiger partial charge in [-0.1, -0.05) is 42.0 Å². The van der Waals surface area contributed by atoms with Crippen LogP contribution in [0.4, 0.5) is 0 Å². The lowest BCUT2D eigenvalue weighted by Crippen LogP contribution is -2.18. The van der Waals surface area contributed by atoms with E-state index in [1.54, 1.807) is 10.6 Å². The first-order valence-corrected chi connectivity index (χ1v) is 8.38. The summed E-state index contributed by atoms with van der Waals surface area (Å²) in [7, 11) is 1.33. The summed E-state index contributed by atoms with van der Waals surface area (Å²) >= 11 is 0. The van der Waals surface area contributed by atoms with Crippen molar-refractivity contribution >= 4 is 22.8 Å². The second kappa shape index (κ2) is 7.44. The number of carbonyl (C=O) groups excluding carboxylic acids is 2. The van der Waals surface area contributed by atoms with Crippen molar-refractivity contribution in [2.24, 2.45) is 0 Å². The standard InChI is InChI=1S/C21H21NO4/c1-14-9-15(2)20-17(10-14)11-18(22(20)12-19(23)25-3)21(24)26-13-16-7-5-4-6-8-16/h4-11H,12-13H2,1-3H3. The van der Waals surface area contributed by atoms with E-state index in [-0.39, 0.29) is 13.2 Å². The highest BCUT2D eigenvalue weighted by atomic mass is 16.5. The molecule has 2 aromatic carbocycles. The maximum absolute atomic E-state index is 12.7. The number of fused-ring (bicyclic) bond motifs is 1. The van der Waals surface area contributed by atoms with E-state index in [1.165, 1.54) is 7.11 Å². The maximum atomic E-state index is 12.7. The zero-order valence-electron chi connectivity index (χ0n) is 15.1. The Labute approximate surface area is 152 Å². The number of rotatable bonds is 5. The molecule has 1 aromatic heterocycles. The fourth-order valence-electron chi connectivity index (χ4n) is 3.14. The Hall–Kier alpha value is -3.08. The fourth-order valence-corrected chi connectivity index (χ4v) is 3.14. The molecule has 0 unspecified atom stereocenters. The molecule has 0 aliphatic heterocycles. The third-order valence-corrected chi connectivity index (χ3v) is 4.26. The highest BCUT2D eigenvalue weighted by Crippen LogP contribution is 2.26. The zero-order valence-corrected chi connectivity index (χ0v) is 15.1. The summed E-state index contributed by atoms with van der Waals surface area (Å²) in [6, 6.07) is 15.3. The molecule has 0 fully saturated rings. The number of methoxy groups -OCH3 is 1. The number of nitrogens with zero attached hydrogens (tertiary/aromatic N) is 1. The van der Waals surface area contributed by atoms with Gasteiger partial charge in [0.05, 0.1) is 12.6 Å². The van der Waals surface area contributed by atoms with Crippen LogP contribution in [0.15, 0.2) is 48.5 Å². The normalized spacial score (nSPS) is 10.7. The van der Waals surface area contributed by atoms with Gasteiger partial charge in [0, 0.05) is 5.39 Å². The first-order valence-electron chi connectivity index (χ1n) is 8.38. The summed E-state index contributed by atoms with van der Waals surface area (Å²) in [5.41, 5.74) is 4.17. The smallest absolute Gasteiger partial charge is 0.355 e. The van der Waals surface area contributed by atoms with E-state index in [2.05, 4.69) is 0 Å². The van der Waals surface area contributed by atoms with Crippen molar-refractivity contribution in [3.63, 3.8) is 0 Å². The van der Waals surface area contributed by atoms with Gasteiger partial charge in [0.1, 0.15) is 18.8 Å². The Balaban J connectivity index is 1.97. The molecule has 0 atom stereocenters. The minimum Gasteiger partial charge on any atom is -0.468 e. The number of aryl methyl sites for hydroxylation is 2. The number of aromatic nitrogens is 1. The molecule has 0 radical (unpaired) electrons. The quantitative estimate of drug-likeness (QED) is 0.656. The zero-order chi connectivity index (χ0) is 18.7. The molecule has 0 aliphatic rings. The molecule has 3 rings (SSSR count). The molecular weight excluding hydrogens is 330 g/mol. The average molecular weight is 351 g/mol. The lowest BCUT2D eigenvalue weighted by molar-refractivity contribution is -0.141. The molecule has 0 saturated carbocycles. The number of benzene rings is 2. The Morgan fingerprint density at radius 3 is 2.46 bits per heavy atom. The molecule has 3 aromatic rings. The second-order valence-corrected chi connectivity index (χ2v) is 6.27. The molecule has 0 amide bonds. The topological polar surface area (TPSA) is 57.5 Å². The van der Waals surface area contributed by atoms with Gasteiger partial charge in [-0.05, 0) is 37.1 Å². The van der Waals surface area contributed by atoms with Gasteiger partial charge in [-0.25, -0.2) is 4.79 Å². The number of carbonyl (C=O) groups is 2. The Kier molecular flexibility index (Phi) is 5.07. The summed E-state index contributed by atoms with van der Waals surface area (Å²) in [4.78, 5) is 24.5. The van der Waals surface area contributed by atoms with E-state index >= 15 is 0 Å². The molecule has 0 bridgehead atoms. The van der Waals surface area contributed by atoms with E-state index in [9.17, 15) is 9.59 Å². The third-order valence-electron chi connectivity index (χ3n) is 4.26. The Morgan fingerprint density at radius 2 is 1.77 bits per heavy atom. The van der Waals surface area contributed by atoms with Crippen molar-refractivity contribution in [3.8, 4) is 0 Å². The van der Waals surface area contributed by atoms with Crippen LogP contribution >= 0.6 is 0 Å². The summed E-state index contributed by atoms with van der Waals surface area (Å²) in [5.74, 6) is -0.884. The van der Waals surface area contributed by atoms with Crippen molar-refractivity contribution in [2.75, 3.05) is 7.11 Å². The first-order chi connectivity index (χ1) is 12.5. The number of hydrogen-bond acceptors (Lipinski definition) is 4. The van der Waals surface area contributed by atoms with Crippen LogP contribution in [0.5, 0.6) is 0 Å². The van der Waals surface area contributed by atoms with E-state index in [1.807, 2.05) is 56.3 Å². The molecular formula is C21H21NO4. The molecule has 5 heteroatoms. The molecule has 0 spiro atoms. The lowest BCUT2D eigenvalue weighted by Gasteiger charge is -2.11. The van der Waals surface area contributed by atoms with Crippen LogP contribution in [0, 0.1) is 13.8 Å². The van der Waals surface area contributed by atoms with E-state index in [0.717, 1.165) is 27.6 Å². The maximum Gasteiger partial charge on any atom is 0.355 e. The molecule has 5 nitrogen and oxygen atoms in total. The van der Waals surface area contributed by atoms with Gasteiger partial charge in [0.25, 0.3) is 0 Å². The summed E-state index contributed by atoms with van der Waals surface area (Å²) in [5, 5.41) is 0.901. The van der Waals surface area contributed by atoms with Crippen LogP contribution in [0.25, 0.3) is 10.9 Å². The van der Waals surface area contributed by atoms with Crippen molar-refractivity contribution in [1.82, 2.24) is 4.57 Å². The Morgan fingerprint density at radius 1 is 1.04 bits per heavy atom. The van der Waals surface area contributed by atoms with Gasteiger partial charge in [-0.15, -0.1) is 0 Å². The van der Waals surface area contributed by atoms with Crippen LogP contribution < -0.4 is 0 Å². The minimum absolute atomic E-state index is 0.0420. The van der Waals surface area contributed by atoms with Crippen LogP contribution in [-0.4, -0.2) is 23.6 Å². The lowest BCUT2D eigenvalue weighted by atomic mass is 10.1. The number of hydrogen-bond donors (Lipinski definition) is 0. The first kappa shape index (κ1) is 17.7. The predicted molar refractivity (Wildman–Crippen MR) is 99.0 cm³/mol. The van der Waals surface area contributed by atoms with Crippen molar-refractivity contribution in [1.29, 1.82) is 0 Å². The van der Waals surface area contributed by atoms with Crippen LogP contribution in [0.1, 0.15) is 27.2 Å². The molecule has 26 heavy (non-hydrogen) atoms. The molecule has 1 heterocycles. The predicted octanol–water partition coefficient (Wildman–Crippen LogP) is 3.79. The van der Waals surface area contributed by atoms with Gasteiger partial charge >= 0.3 is 11.9 Å². The molecule has 0 saturated heterocycles. The van der Waals surface area contributed by atoms with Crippen LogP contribution in [-0.2, 0) is 27.4 Å². The Bertz CT molecular complexity index is 957. The number of ether oxygens (including phenoxy) is 2. The fraction of sp³-hybridized carbons (Fsp3) is 0.238. The monoisotopic (exact) mass is 351 g/mol. The summed E-state index contributed by atoms with van der Waals surface area (Å²) in [6.07, 6.45) is 0. The molecule has 134 valence electrons. The van der Waals surface area contributed by atoms with Gasteiger partial charge in [0.15, 0.2) is 0 Å². The summed E-state index contributed by atoms with van der Waals surface area (Å²) in [6.45, 7) is 4.09. The number of esters is 2. The highest BCUT2D eigenvalue weighted by Gasteiger charge is 2.20. The van der Waals surface area contributed by atoms with Crippen molar-refractivity contribution < 1.29 is 19.1 Å². The van der Waals surface area contributed by atoms with Gasteiger partial charge in [-0.2, -0.15) is 0 Å². The van der Waals surface area contributed by atoms with Crippen LogP contribution in [0.3, 0.4) is 0 Å². The highest BCUT2D eigenvalue weighted by molar-refractivity contribution is 5.97. The SMILES string of the molecule is COC(=O)Cn1c(C(=O)OCc2ccccc2)cc2cc(C)cc(C)c21. The van der Waals surface area contributed by atoms with E-state index in [0.29, 0.717) is 5.69 Å². The van der Waals surface area contributed by atoms with Crippen LogP contribution in [0.2, 0.25) is 0 Å². The van der Waals surface area contributed by atoms with Crippen molar-refractivity contribution in [3.05, 3.63) is 70.9 Å². The van der Waals surface area contributed by atoms with Gasteiger partial charge in [-0.3, -0.25) is 4.79 Å². The van der Waals surface area contributed by atoms with E-state index in [4.69, 9.17) is 9.47 Å². The van der Waals surface area contributed by atoms with E-state index < -0.39 is 11.9 Å². The molecule has 0 aliphatic carbocycles. The second-order valence-electron chi connectivity index (χ2n) is 6.27. The van der Waals surface area contributed by atoms with Crippen molar-refractivity contribution in [2.45, 2.75) is 27.0 Å². The van der Waals surface area contributed by atoms with Gasteiger partial charge in [0.2, 0.25) is 0 Å². The van der Waals surface area contributed by atoms with Gasteiger partial charge < -0.3 is 14.0 Å². The minimum atomic E-state index is -0.467. The largest absolute Gasteiger partial charge is 0.468 e. The molecule has 0 N–H and O–H groups in total. The average Bonchev–Trinajstić information content (AvgIpc) is 2.98.